The van der Waals surface area contributed by atoms with Gasteiger partial charge in [-0.1, -0.05) is 28.9 Å². The van der Waals surface area contributed by atoms with Crippen molar-refractivity contribution in [3.63, 3.8) is 0 Å². The van der Waals surface area contributed by atoms with E-state index in [2.05, 4.69) is 5.16 Å². The number of aliphatic hydroxyl groups excluding tert-OH is 1. The fourth-order valence-corrected chi connectivity index (χ4v) is 2.83. The van der Waals surface area contributed by atoms with Crippen molar-refractivity contribution in [1.29, 1.82) is 0 Å². The van der Waals surface area contributed by atoms with E-state index in [4.69, 9.17) is 14.1 Å². The van der Waals surface area contributed by atoms with Gasteiger partial charge in [-0.2, -0.15) is 0 Å². The largest absolute Gasteiger partial charge is 0.495 e. The molecule has 24 heavy (non-hydrogen) atoms. The Hall–Kier alpha value is -1.37. The quantitative estimate of drug-likeness (QED) is 0.844. The Bertz CT molecular complexity index is 680. The van der Waals surface area contributed by atoms with Crippen molar-refractivity contribution in [2.24, 2.45) is 5.16 Å². The van der Waals surface area contributed by atoms with Crippen LogP contribution in [0.4, 0.5) is 0 Å². The van der Waals surface area contributed by atoms with E-state index in [1.165, 1.54) is 0 Å². The van der Waals surface area contributed by atoms with Gasteiger partial charge in [0.2, 0.25) is 0 Å². The topological polar surface area (TPSA) is 60.3 Å². The van der Waals surface area contributed by atoms with Gasteiger partial charge in [0.05, 0.1) is 11.2 Å². The van der Waals surface area contributed by atoms with Crippen LogP contribution in [0.2, 0.25) is 0 Å². The number of hydrogen-bond donors (Lipinski definition) is 1. The summed E-state index contributed by atoms with van der Waals surface area (Å²) in [6.45, 7) is 13.8. The fraction of sp³-hybridized carbons (Fsp3) is 0.611. The summed E-state index contributed by atoms with van der Waals surface area (Å²) in [7, 11) is -0.442. The summed E-state index contributed by atoms with van der Waals surface area (Å²) in [5.41, 5.74) is 1.88. The van der Waals surface area contributed by atoms with Crippen LogP contribution in [-0.4, -0.2) is 40.8 Å². The number of oxime groups is 1. The highest BCUT2D eigenvalue weighted by atomic mass is 16.7. The highest BCUT2D eigenvalue weighted by Gasteiger charge is 2.52. The second-order valence-electron chi connectivity index (χ2n) is 8.23. The van der Waals surface area contributed by atoms with Crippen LogP contribution in [-0.2, 0) is 14.1 Å². The van der Waals surface area contributed by atoms with Gasteiger partial charge in [0, 0.05) is 5.56 Å². The van der Waals surface area contributed by atoms with Crippen molar-refractivity contribution >= 4 is 18.3 Å². The maximum Gasteiger partial charge on any atom is 0.495 e. The zero-order valence-electron chi connectivity index (χ0n) is 15.5. The summed E-state index contributed by atoms with van der Waals surface area (Å²) < 4.78 is 12.3. The maximum atomic E-state index is 10.4. The Kier molecular flexibility index (Phi) is 3.87. The third kappa shape index (κ3) is 2.67. The zero-order chi connectivity index (χ0) is 17.9. The van der Waals surface area contributed by atoms with Gasteiger partial charge in [-0.15, -0.1) is 0 Å². The number of aliphatic hydroxyl groups is 1. The first kappa shape index (κ1) is 17.5. The minimum Gasteiger partial charge on any atom is -0.399 e. The Morgan fingerprint density at radius 2 is 1.62 bits per heavy atom. The van der Waals surface area contributed by atoms with Gasteiger partial charge in [-0.3, -0.25) is 0 Å². The molecular formula is C18H26BNO4. The predicted octanol–water partition coefficient (Wildman–Crippen LogP) is 2.17. The smallest absolute Gasteiger partial charge is 0.399 e. The lowest BCUT2D eigenvalue weighted by molar-refractivity contribution is -0.0476. The van der Waals surface area contributed by atoms with Crippen LogP contribution in [0.15, 0.2) is 23.4 Å². The molecule has 0 bridgehead atoms. The van der Waals surface area contributed by atoms with E-state index in [1.807, 2.05) is 66.7 Å². The molecule has 2 aliphatic heterocycles. The molecule has 1 saturated heterocycles. The molecular weight excluding hydrogens is 305 g/mol. The van der Waals surface area contributed by atoms with Crippen molar-refractivity contribution in [1.82, 2.24) is 0 Å². The molecule has 0 amide bonds. The molecule has 1 aromatic rings. The molecule has 1 aromatic carbocycles. The molecule has 0 radical (unpaired) electrons. The molecule has 130 valence electrons. The summed E-state index contributed by atoms with van der Waals surface area (Å²) in [5, 5.41) is 14.5. The Balaban J connectivity index is 1.95. The summed E-state index contributed by atoms with van der Waals surface area (Å²) in [6.07, 6.45) is -0.772. The molecule has 3 rings (SSSR count). The summed E-state index contributed by atoms with van der Waals surface area (Å²) in [5.74, 6) is 0. The second kappa shape index (κ2) is 5.31. The highest BCUT2D eigenvalue weighted by molar-refractivity contribution is 6.62. The van der Waals surface area contributed by atoms with Gasteiger partial charge in [0.15, 0.2) is 5.60 Å². The van der Waals surface area contributed by atoms with Crippen LogP contribution in [0, 0.1) is 6.92 Å². The summed E-state index contributed by atoms with van der Waals surface area (Å²) >= 11 is 0. The van der Waals surface area contributed by atoms with E-state index in [0.29, 0.717) is 5.71 Å². The molecule has 1 atom stereocenters. The molecule has 2 heterocycles. The number of aryl methyl sites for hydroxylation is 1. The first-order chi connectivity index (χ1) is 10.9. The van der Waals surface area contributed by atoms with Gasteiger partial charge in [0.1, 0.15) is 11.8 Å². The van der Waals surface area contributed by atoms with E-state index in [9.17, 15) is 5.11 Å². The number of nitrogens with zero attached hydrogens (tertiary/aromatic N) is 1. The zero-order valence-corrected chi connectivity index (χ0v) is 15.5. The third-order valence-corrected chi connectivity index (χ3v) is 5.38. The maximum absolute atomic E-state index is 10.4. The third-order valence-electron chi connectivity index (χ3n) is 5.38. The fourth-order valence-electron chi connectivity index (χ4n) is 2.83. The van der Waals surface area contributed by atoms with Crippen LogP contribution in [0.25, 0.3) is 0 Å². The molecule has 1 unspecified atom stereocenters. The molecule has 0 aliphatic carbocycles. The van der Waals surface area contributed by atoms with Crippen molar-refractivity contribution in [3.05, 3.63) is 29.3 Å². The predicted molar refractivity (Wildman–Crippen MR) is 94.6 cm³/mol. The van der Waals surface area contributed by atoms with Gasteiger partial charge in [0.25, 0.3) is 0 Å². The number of benzene rings is 1. The van der Waals surface area contributed by atoms with Gasteiger partial charge < -0.3 is 19.3 Å². The molecule has 1 fully saturated rings. The van der Waals surface area contributed by atoms with E-state index in [1.54, 1.807) is 0 Å². The molecule has 6 heteroatoms. The normalized spacial score (nSPS) is 27.1. The summed E-state index contributed by atoms with van der Waals surface area (Å²) in [6, 6.07) is 5.91. The van der Waals surface area contributed by atoms with Crippen molar-refractivity contribution < 1.29 is 19.3 Å². The first-order valence-electron chi connectivity index (χ1n) is 8.35. The Morgan fingerprint density at radius 3 is 2.12 bits per heavy atom. The lowest BCUT2D eigenvalue weighted by Crippen LogP contribution is -2.41. The van der Waals surface area contributed by atoms with E-state index >= 15 is 0 Å². The minimum atomic E-state index is -0.772. The number of hydrogen-bond acceptors (Lipinski definition) is 5. The average molecular weight is 331 g/mol. The van der Waals surface area contributed by atoms with Crippen molar-refractivity contribution in [2.45, 2.75) is 71.4 Å². The van der Waals surface area contributed by atoms with Crippen molar-refractivity contribution in [3.8, 4) is 0 Å². The Labute approximate surface area is 144 Å². The van der Waals surface area contributed by atoms with Crippen LogP contribution in [0.5, 0.6) is 0 Å². The van der Waals surface area contributed by atoms with Crippen LogP contribution in [0.3, 0.4) is 0 Å². The van der Waals surface area contributed by atoms with E-state index < -0.39 is 30.0 Å². The first-order valence-corrected chi connectivity index (χ1v) is 8.35. The monoisotopic (exact) mass is 331 g/mol. The molecule has 1 N–H and O–H groups in total. The lowest BCUT2D eigenvalue weighted by Gasteiger charge is -2.32. The van der Waals surface area contributed by atoms with Gasteiger partial charge >= 0.3 is 7.12 Å². The SMILES string of the molecule is Cc1ccc(C2=NOC(C)(C)C2O)cc1B1OC(C)(C)C(C)(C)O1. The van der Waals surface area contributed by atoms with E-state index in [-0.39, 0.29) is 0 Å². The molecule has 0 saturated carbocycles. The standard InChI is InChI=1S/C18H26BNO4/c1-11-8-9-12(14-15(21)16(2,3)24-20-14)10-13(11)19-22-17(4,5)18(6,7)23-19/h8-10,15,21H,1-7H3. The van der Waals surface area contributed by atoms with Crippen molar-refractivity contribution in [2.75, 3.05) is 0 Å². The van der Waals surface area contributed by atoms with Crippen LogP contribution >= 0.6 is 0 Å². The molecule has 0 spiro atoms. The minimum absolute atomic E-state index is 0.393. The summed E-state index contributed by atoms with van der Waals surface area (Å²) in [4.78, 5) is 5.36. The van der Waals surface area contributed by atoms with Crippen LogP contribution < -0.4 is 5.46 Å². The van der Waals surface area contributed by atoms with Gasteiger partial charge in [-0.25, -0.2) is 0 Å². The average Bonchev–Trinajstić information content (AvgIpc) is 2.84. The van der Waals surface area contributed by atoms with Crippen LogP contribution in [0.1, 0.15) is 52.7 Å². The van der Waals surface area contributed by atoms with Gasteiger partial charge in [-0.05, 0) is 53.9 Å². The molecule has 2 aliphatic rings. The van der Waals surface area contributed by atoms with E-state index in [0.717, 1.165) is 16.6 Å². The number of rotatable bonds is 2. The highest BCUT2D eigenvalue weighted by Crippen LogP contribution is 2.37. The molecule has 5 nitrogen and oxygen atoms in total. The lowest BCUT2D eigenvalue weighted by atomic mass is 9.75. The second-order valence-corrected chi connectivity index (χ2v) is 8.23. The Morgan fingerprint density at radius 1 is 1.04 bits per heavy atom. The molecule has 0 aromatic heterocycles.